The largest absolute Gasteiger partial charge is 0.573 e. The molecule has 0 saturated carbocycles. The highest BCUT2D eigenvalue weighted by molar-refractivity contribution is 7.98. The first-order valence-electron chi connectivity index (χ1n) is 6.37. The topological polar surface area (TPSA) is 39.9 Å². The van der Waals surface area contributed by atoms with Gasteiger partial charge >= 0.3 is 6.36 Å². The summed E-state index contributed by atoms with van der Waals surface area (Å²) in [5.41, 5.74) is 0.866. The van der Waals surface area contributed by atoms with E-state index in [1.807, 2.05) is 11.5 Å². The minimum Gasteiger partial charge on any atom is -0.406 e. The van der Waals surface area contributed by atoms with Gasteiger partial charge in [0.2, 0.25) is 0 Å². The van der Waals surface area contributed by atoms with Crippen LogP contribution in [-0.2, 0) is 12.3 Å². The van der Waals surface area contributed by atoms with E-state index >= 15 is 0 Å². The highest BCUT2D eigenvalue weighted by Crippen LogP contribution is 2.26. The Hall–Kier alpha value is -1.96. The fourth-order valence-corrected chi connectivity index (χ4v) is 2.69. The van der Waals surface area contributed by atoms with Crippen LogP contribution in [0.2, 0.25) is 0 Å². The second-order valence-corrected chi connectivity index (χ2v) is 5.35. The summed E-state index contributed by atoms with van der Waals surface area (Å²) in [6.07, 6.45) is -2.92. The van der Waals surface area contributed by atoms with Crippen molar-refractivity contribution in [2.75, 3.05) is 0 Å². The molecule has 4 nitrogen and oxygen atoms in total. The number of hydrogen-bond acceptors (Lipinski definition) is 4. The minimum atomic E-state index is -4.67. The average molecular weight is 329 g/mol. The van der Waals surface area contributed by atoms with Crippen LogP contribution in [-0.4, -0.2) is 21.1 Å². The van der Waals surface area contributed by atoms with Crippen LogP contribution in [0.25, 0.3) is 0 Å². The number of alkyl halides is 3. The highest BCUT2D eigenvalue weighted by Gasteiger charge is 2.30. The molecule has 0 bridgehead atoms. The molecule has 1 aromatic carbocycles. The molecule has 118 valence electrons. The molecule has 8 heteroatoms. The minimum absolute atomic E-state index is 0.230. The molecule has 0 aliphatic rings. The second kappa shape index (κ2) is 6.87. The van der Waals surface area contributed by atoms with Crippen molar-refractivity contribution < 1.29 is 17.9 Å². The molecule has 1 aromatic heterocycles. The second-order valence-electron chi connectivity index (χ2n) is 4.41. The Morgan fingerprint density at radius 3 is 2.55 bits per heavy atom. The number of halogens is 3. The number of benzene rings is 1. The number of nitrogens with zero attached hydrogens (tertiary/aromatic N) is 3. The van der Waals surface area contributed by atoms with E-state index in [0.717, 1.165) is 16.5 Å². The molecule has 0 atom stereocenters. The summed E-state index contributed by atoms with van der Waals surface area (Å²) in [5.74, 6) is 1.13. The summed E-state index contributed by atoms with van der Waals surface area (Å²) >= 11 is 1.46. The van der Waals surface area contributed by atoms with Gasteiger partial charge < -0.3 is 9.30 Å². The molecule has 0 unspecified atom stereocenters. The summed E-state index contributed by atoms with van der Waals surface area (Å²) < 4.78 is 42.0. The van der Waals surface area contributed by atoms with Gasteiger partial charge in [-0.25, -0.2) is 0 Å². The summed E-state index contributed by atoms with van der Waals surface area (Å²) in [6.45, 7) is 6.15. The zero-order valence-corrected chi connectivity index (χ0v) is 12.6. The van der Waals surface area contributed by atoms with Crippen LogP contribution in [0.3, 0.4) is 0 Å². The third-order valence-electron chi connectivity index (χ3n) is 2.74. The summed E-state index contributed by atoms with van der Waals surface area (Å²) in [6, 6.07) is 5.77. The predicted molar refractivity (Wildman–Crippen MR) is 77.6 cm³/mol. The molecule has 0 radical (unpaired) electrons. The van der Waals surface area contributed by atoms with Gasteiger partial charge in [-0.15, -0.1) is 29.9 Å². The zero-order valence-electron chi connectivity index (χ0n) is 11.8. The molecular weight excluding hydrogens is 315 g/mol. The molecule has 2 aromatic rings. The summed E-state index contributed by atoms with van der Waals surface area (Å²) in [7, 11) is 0. The molecule has 0 fully saturated rings. The Kier molecular flexibility index (Phi) is 5.12. The fraction of sp³-hybridized carbons (Fsp3) is 0.286. The van der Waals surface area contributed by atoms with Gasteiger partial charge in [0, 0.05) is 12.3 Å². The van der Waals surface area contributed by atoms with E-state index in [2.05, 4.69) is 21.5 Å². The Balaban J connectivity index is 1.99. The zero-order chi connectivity index (χ0) is 16.2. The van der Waals surface area contributed by atoms with Gasteiger partial charge in [-0.2, -0.15) is 0 Å². The molecule has 2 rings (SSSR count). The number of aromatic nitrogens is 3. The molecule has 0 saturated heterocycles. The predicted octanol–water partition coefficient (Wildman–Crippen LogP) is 3.96. The molecule has 1 heterocycles. The summed E-state index contributed by atoms with van der Waals surface area (Å²) in [4.78, 5) is 0. The van der Waals surface area contributed by atoms with Crippen molar-refractivity contribution in [1.82, 2.24) is 14.8 Å². The van der Waals surface area contributed by atoms with Gasteiger partial charge in [-0.3, -0.25) is 0 Å². The van der Waals surface area contributed by atoms with E-state index < -0.39 is 6.36 Å². The Morgan fingerprint density at radius 2 is 1.95 bits per heavy atom. The first kappa shape index (κ1) is 16.4. The number of aryl methyl sites for hydroxylation is 1. The van der Waals surface area contributed by atoms with Gasteiger partial charge in [0.25, 0.3) is 0 Å². The van der Waals surface area contributed by atoms with E-state index in [1.165, 1.54) is 23.9 Å². The van der Waals surface area contributed by atoms with Gasteiger partial charge in [-0.05, 0) is 24.6 Å². The molecule has 0 amide bonds. The third kappa shape index (κ3) is 4.52. The van der Waals surface area contributed by atoms with Crippen molar-refractivity contribution in [3.8, 4) is 5.75 Å². The van der Waals surface area contributed by atoms with E-state index in [4.69, 9.17) is 0 Å². The van der Waals surface area contributed by atoms with Crippen molar-refractivity contribution >= 4 is 11.8 Å². The van der Waals surface area contributed by atoms with Crippen molar-refractivity contribution in [2.24, 2.45) is 0 Å². The lowest BCUT2D eigenvalue weighted by Crippen LogP contribution is -2.16. The molecule has 0 aliphatic carbocycles. The van der Waals surface area contributed by atoms with Crippen LogP contribution in [0.4, 0.5) is 13.2 Å². The third-order valence-corrected chi connectivity index (χ3v) is 3.78. The van der Waals surface area contributed by atoms with E-state index in [1.54, 1.807) is 18.2 Å². The molecular formula is C14H14F3N3OS. The van der Waals surface area contributed by atoms with Crippen LogP contribution in [0.15, 0.2) is 42.1 Å². The standard InChI is InChI=1S/C14H14F3N3OS/c1-3-8-20-10(2)18-19-13(20)22-9-11-4-6-12(7-5-11)21-14(15,16)17/h3-7H,1,8-9H2,2H3. The van der Waals surface area contributed by atoms with Crippen LogP contribution in [0, 0.1) is 6.92 Å². The van der Waals surface area contributed by atoms with Crippen LogP contribution in [0.1, 0.15) is 11.4 Å². The molecule has 0 N–H and O–H groups in total. The molecule has 0 spiro atoms. The normalized spacial score (nSPS) is 11.5. The van der Waals surface area contributed by atoms with E-state index in [-0.39, 0.29) is 5.75 Å². The van der Waals surface area contributed by atoms with Crippen LogP contribution >= 0.6 is 11.8 Å². The first-order chi connectivity index (χ1) is 10.4. The Bertz CT molecular complexity index is 638. The fourth-order valence-electron chi connectivity index (χ4n) is 1.74. The van der Waals surface area contributed by atoms with Crippen LogP contribution in [0.5, 0.6) is 5.75 Å². The smallest absolute Gasteiger partial charge is 0.406 e. The maximum atomic E-state index is 12.1. The van der Waals surface area contributed by atoms with Crippen molar-refractivity contribution in [2.45, 2.75) is 30.7 Å². The number of allylic oxidation sites excluding steroid dienone is 1. The lowest BCUT2D eigenvalue weighted by atomic mass is 10.2. The maximum Gasteiger partial charge on any atom is 0.573 e. The SMILES string of the molecule is C=CCn1c(C)nnc1SCc1ccc(OC(F)(F)F)cc1. The van der Waals surface area contributed by atoms with Crippen molar-refractivity contribution in [3.63, 3.8) is 0 Å². The number of thioether (sulfide) groups is 1. The number of hydrogen-bond donors (Lipinski definition) is 0. The molecule has 22 heavy (non-hydrogen) atoms. The lowest BCUT2D eigenvalue weighted by Gasteiger charge is -2.09. The first-order valence-corrected chi connectivity index (χ1v) is 7.36. The number of ether oxygens (including phenoxy) is 1. The number of rotatable bonds is 6. The lowest BCUT2D eigenvalue weighted by molar-refractivity contribution is -0.274. The van der Waals surface area contributed by atoms with E-state index in [0.29, 0.717) is 12.3 Å². The maximum absolute atomic E-state index is 12.1. The van der Waals surface area contributed by atoms with Gasteiger partial charge in [0.05, 0.1) is 0 Å². The Morgan fingerprint density at radius 1 is 1.27 bits per heavy atom. The van der Waals surface area contributed by atoms with Crippen molar-refractivity contribution in [3.05, 3.63) is 48.3 Å². The molecule has 0 aliphatic heterocycles. The van der Waals surface area contributed by atoms with E-state index in [9.17, 15) is 13.2 Å². The highest BCUT2D eigenvalue weighted by atomic mass is 32.2. The van der Waals surface area contributed by atoms with Gasteiger partial charge in [-0.1, -0.05) is 30.0 Å². The van der Waals surface area contributed by atoms with Crippen molar-refractivity contribution in [1.29, 1.82) is 0 Å². The monoisotopic (exact) mass is 329 g/mol. The average Bonchev–Trinajstić information content (AvgIpc) is 2.78. The quantitative estimate of drug-likeness (QED) is 0.594. The van der Waals surface area contributed by atoms with Gasteiger partial charge in [0.1, 0.15) is 11.6 Å². The van der Waals surface area contributed by atoms with Crippen LogP contribution < -0.4 is 4.74 Å². The summed E-state index contributed by atoms with van der Waals surface area (Å²) in [5, 5.41) is 8.81. The Labute approximate surface area is 130 Å². The van der Waals surface area contributed by atoms with Gasteiger partial charge in [0.15, 0.2) is 5.16 Å².